The van der Waals surface area contributed by atoms with Crippen molar-refractivity contribution in [2.45, 2.75) is 45.4 Å². The smallest absolute Gasteiger partial charge is 0.108 e. The molecule has 0 saturated heterocycles. The monoisotopic (exact) mass is 232 g/mol. The van der Waals surface area contributed by atoms with Gasteiger partial charge in [0.25, 0.3) is 0 Å². The first-order chi connectivity index (χ1) is 7.86. The Morgan fingerprint density at radius 1 is 1.00 bits per heavy atom. The Labute approximate surface area is 100 Å². The van der Waals surface area contributed by atoms with E-state index in [4.69, 9.17) is 0 Å². The normalized spacial score (nSPS) is 16.8. The van der Waals surface area contributed by atoms with Crippen LogP contribution in [-0.4, -0.2) is 8.75 Å². The summed E-state index contributed by atoms with van der Waals surface area (Å²) in [6, 6.07) is 2.34. The third-order valence-electron chi connectivity index (χ3n) is 3.55. The van der Waals surface area contributed by atoms with Gasteiger partial charge in [0.1, 0.15) is 11.0 Å². The molecule has 1 aromatic heterocycles. The first-order valence-electron chi connectivity index (χ1n) is 6.10. The minimum absolute atomic E-state index is 1.13. The van der Waals surface area contributed by atoms with Crippen LogP contribution in [0.15, 0.2) is 6.07 Å². The molecule has 0 unspecified atom stereocenters. The Balaban J connectivity index is 2.21. The molecule has 2 aromatic rings. The number of hydrogen-bond acceptors (Lipinski definition) is 3. The first kappa shape index (κ1) is 10.2. The quantitative estimate of drug-likeness (QED) is 0.692. The Kier molecular flexibility index (Phi) is 2.64. The van der Waals surface area contributed by atoms with Crippen molar-refractivity contribution in [2.75, 3.05) is 0 Å². The molecule has 0 spiro atoms. The summed E-state index contributed by atoms with van der Waals surface area (Å²) in [4.78, 5) is 0. The van der Waals surface area contributed by atoms with Gasteiger partial charge in [0.15, 0.2) is 0 Å². The fraction of sp³-hybridized carbons (Fsp3) is 0.538. The van der Waals surface area contributed by atoms with Crippen LogP contribution in [0.25, 0.3) is 11.0 Å². The zero-order valence-electron chi connectivity index (χ0n) is 9.62. The summed E-state index contributed by atoms with van der Waals surface area (Å²) in [5.74, 6) is 0. The van der Waals surface area contributed by atoms with Gasteiger partial charge in [-0.15, -0.1) is 0 Å². The van der Waals surface area contributed by atoms with Crippen LogP contribution >= 0.6 is 11.7 Å². The topological polar surface area (TPSA) is 25.8 Å². The number of aromatic nitrogens is 2. The van der Waals surface area contributed by atoms with Gasteiger partial charge in [-0.3, -0.25) is 0 Å². The molecule has 0 aliphatic heterocycles. The molecule has 84 valence electrons. The molecule has 0 atom stereocenters. The minimum atomic E-state index is 1.13. The van der Waals surface area contributed by atoms with Crippen LogP contribution in [0.2, 0.25) is 0 Å². The fourth-order valence-corrected chi connectivity index (χ4v) is 3.32. The zero-order valence-corrected chi connectivity index (χ0v) is 10.4. The van der Waals surface area contributed by atoms with E-state index in [0.29, 0.717) is 0 Å². The van der Waals surface area contributed by atoms with E-state index in [1.807, 2.05) is 0 Å². The largest absolute Gasteiger partial charge is 0.173 e. The predicted molar refractivity (Wildman–Crippen MR) is 68.0 cm³/mol. The number of rotatable bonds is 0. The van der Waals surface area contributed by atoms with Gasteiger partial charge in [0, 0.05) is 0 Å². The highest BCUT2D eigenvalue weighted by Gasteiger charge is 2.14. The SMILES string of the molecule is Cc1cc2c(c3nsnc13)CCCCCC2. The average molecular weight is 232 g/mol. The molecule has 0 radical (unpaired) electrons. The van der Waals surface area contributed by atoms with E-state index < -0.39 is 0 Å². The number of hydrogen-bond donors (Lipinski definition) is 0. The lowest BCUT2D eigenvalue weighted by Crippen LogP contribution is -2.01. The van der Waals surface area contributed by atoms with Crippen molar-refractivity contribution < 1.29 is 0 Å². The number of aryl methyl sites for hydroxylation is 3. The summed E-state index contributed by atoms with van der Waals surface area (Å²) in [5.41, 5.74) is 6.61. The van der Waals surface area contributed by atoms with E-state index in [2.05, 4.69) is 21.7 Å². The molecule has 0 bridgehead atoms. The molecule has 0 N–H and O–H groups in total. The summed E-state index contributed by atoms with van der Waals surface area (Å²) in [5, 5.41) is 0. The van der Waals surface area contributed by atoms with Crippen LogP contribution in [0.1, 0.15) is 42.4 Å². The maximum Gasteiger partial charge on any atom is 0.108 e. The summed E-state index contributed by atoms with van der Waals surface area (Å²) in [6.07, 6.45) is 7.80. The fourth-order valence-electron chi connectivity index (χ4n) is 2.69. The number of fused-ring (bicyclic) bond motifs is 3. The van der Waals surface area contributed by atoms with Gasteiger partial charge < -0.3 is 0 Å². The maximum atomic E-state index is 4.50. The first-order valence-corrected chi connectivity index (χ1v) is 6.83. The van der Waals surface area contributed by atoms with Gasteiger partial charge in [0.05, 0.1) is 11.7 Å². The van der Waals surface area contributed by atoms with E-state index in [1.165, 1.54) is 72.5 Å². The molecule has 3 heteroatoms. The third kappa shape index (κ3) is 1.63. The van der Waals surface area contributed by atoms with Crippen molar-refractivity contribution in [3.8, 4) is 0 Å². The molecule has 0 saturated carbocycles. The summed E-state index contributed by atoms with van der Waals surface area (Å²) in [7, 11) is 0. The van der Waals surface area contributed by atoms with Gasteiger partial charge >= 0.3 is 0 Å². The van der Waals surface area contributed by atoms with Gasteiger partial charge in [-0.1, -0.05) is 18.9 Å². The molecule has 16 heavy (non-hydrogen) atoms. The molecule has 2 nitrogen and oxygen atoms in total. The second kappa shape index (κ2) is 4.13. The molecule has 1 aliphatic carbocycles. The van der Waals surface area contributed by atoms with Gasteiger partial charge in [-0.05, 0) is 49.3 Å². The lowest BCUT2D eigenvalue weighted by atomic mass is 9.91. The van der Waals surface area contributed by atoms with Crippen LogP contribution in [0.4, 0.5) is 0 Å². The third-order valence-corrected chi connectivity index (χ3v) is 4.08. The molecule has 0 amide bonds. The highest BCUT2D eigenvalue weighted by molar-refractivity contribution is 7.00. The molecule has 1 aromatic carbocycles. The van der Waals surface area contributed by atoms with Crippen molar-refractivity contribution in [3.63, 3.8) is 0 Å². The highest BCUT2D eigenvalue weighted by Crippen LogP contribution is 2.29. The Hall–Kier alpha value is -0.960. The Bertz CT molecular complexity index is 516. The van der Waals surface area contributed by atoms with Crippen molar-refractivity contribution >= 4 is 22.8 Å². The Morgan fingerprint density at radius 2 is 1.75 bits per heavy atom. The van der Waals surface area contributed by atoms with Crippen LogP contribution in [0.5, 0.6) is 0 Å². The maximum absolute atomic E-state index is 4.50. The second-order valence-corrected chi connectivity index (χ2v) is 5.24. The Morgan fingerprint density at radius 3 is 2.62 bits per heavy atom. The summed E-state index contributed by atoms with van der Waals surface area (Å²) >= 11 is 1.35. The minimum Gasteiger partial charge on any atom is -0.173 e. The number of benzene rings is 1. The molecule has 1 aliphatic rings. The zero-order chi connectivity index (χ0) is 11.0. The van der Waals surface area contributed by atoms with Crippen LogP contribution in [0.3, 0.4) is 0 Å². The summed E-state index contributed by atoms with van der Waals surface area (Å²) in [6.45, 7) is 2.16. The molecule has 0 fully saturated rings. The van der Waals surface area contributed by atoms with E-state index >= 15 is 0 Å². The van der Waals surface area contributed by atoms with Gasteiger partial charge in [-0.25, -0.2) is 0 Å². The van der Waals surface area contributed by atoms with Crippen LogP contribution in [-0.2, 0) is 12.8 Å². The average Bonchev–Trinajstić information content (AvgIpc) is 2.70. The van der Waals surface area contributed by atoms with E-state index in [-0.39, 0.29) is 0 Å². The molecule has 3 rings (SSSR count). The van der Waals surface area contributed by atoms with E-state index in [9.17, 15) is 0 Å². The summed E-state index contributed by atoms with van der Waals surface area (Å²) < 4.78 is 8.91. The standard InChI is InChI=1S/C13H16N2S/c1-9-8-10-6-4-2-3-5-7-11(10)13-12(9)14-16-15-13/h8H,2-7H2,1H3. The van der Waals surface area contributed by atoms with Gasteiger partial charge in [-0.2, -0.15) is 8.75 Å². The lowest BCUT2D eigenvalue weighted by molar-refractivity contribution is 0.618. The molecular formula is C13H16N2S. The highest BCUT2D eigenvalue weighted by atomic mass is 32.1. The van der Waals surface area contributed by atoms with Crippen LogP contribution in [0, 0.1) is 6.92 Å². The van der Waals surface area contributed by atoms with E-state index in [1.54, 1.807) is 0 Å². The number of nitrogens with zero attached hydrogens (tertiary/aromatic N) is 2. The van der Waals surface area contributed by atoms with Crippen molar-refractivity contribution in [3.05, 3.63) is 22.8 Å². The lowest BCUT2D eigenvalue weighted by Gasteiger charge is -2.14. The van der Waals surface area contributed by atoms with Crippen molar-refractivity contribution in [1.82, 2.24) is 8.75 Å². The van der Waals surface area contributed by atoms with Gasteiger partial charge in [0.2, 0.25) is 0 Å². The second-order valence-electron chi connectivity index (χ2n) is 4.71. The molecule has 1 heterocycles. The van der Waals surface area contributed by atoms with Crippen molar-refractivity contribution in [1.29, 1.82) is 0 Å². The van der Waals surface area contributed by atoms with Crippen molar-refractivity contribution in [2.24, 2.45) is 0 Å². The molecular weight excluding hydrogens is 216 g/mol. The predicted octanol–water partition coefficient (Wildman–Crippen LogP) is 3.66. The van der Waals surface area contributed by atoms with Crippen LogP contribution < -0.4 is 0 Å². The van der Waals surface area contributed by atoms with E-state index in [0.717, 1.165) is 5.52 Å².